The minimum absolute atomic E-state index is 0.00648. The first-order valence-corrected chi connectivity index (χ1v) is 4.24. The van der Waals surface area contributed by atoms with Crippen LogP contribution in [0, 0.1) is 18.3 Å². The molecular formula is C9H5ClF2N2O. The highest BCUT2D eigenvalue weighted by atomic mass is 35.5. The molecule has 0 unspecified atom stereocenters. The molecule has 0 spiro atoms. The highest BCUT2D eigenvalue weighted by Gasteiger charge is 2.18. The van der Waals surface area contributed by atoms with E-state index in [4.69, 9.17) is 16.9 Å². The molecule has 0 aliphatic carbocycles. The van der Waals surface area contributed by atoms with Crippen LogP contribution < -0.4 is 0 Å². The fraction of sp³-hybridized carbons (Fsp3) is 0.222. The van der Waals surface area contributed by atoms with Crippen LogP contribution in [0.15, 0.2) is 6.07 Å². The van der Waals surface area contributed by atoms with Gasteiger partial charge in [-0.1, -0.05) is 0 Å². The van der Waals surface area contributed by atoms with Gasteiger partial charge in [-0.2, -0.15) is 5.26 Å². The molecule has 0 aliphatic heterocycles. The van der Waals surface area contributed by atoms with Crippen LogP contribution in [0.5, 0.6) is 0 Å². The second kappa shape index (κ2) is 4.32. The van der Waals surface area contributed by atoms with Crippen LogP contribution in [-0.4, -0.2) is 10.2 Å². The summed E-state index contributed by atoms with van der Waals surface area (Å²) in [6.45, 7) is 1.33. The number of hydrogen-bond acceptors (Lipinski definition) is 3. The number of nitriles is 1. The molecular weight excluding hydrogens is 226 g/mol. The van der Waals surface area contributed by atoms with Crippen LogP contribution in [0.4, 0.5) is 8.78 Å². The highest BCUT2D eigenvalue weighted by Crippen LogP contribution is 2.24. The summed E-state index contributed by atoms with van der Waals surface area (Å²) in [6.07, 6.45) is -2.73. The first-order chi connectivity index (χ1) is 6.97. The van der Waals surface area contributed by atoms with Crippen LogP contribution in [0.25, 0.3) is 0 Å². The lowest BCUT2D eigenvalue weighted by Crippen LogP contribution is -2.04. The van der Waals surface area contributed by atoms with Crippen molar-refractivity contribution in [3.8, 4) is 6.07 Å². The Hall–Kier alpha value is -1.54. The number of halogens is 3. The standard InChI is InChI=1S/C9H5ClF2N2O/c1-4-6(9(11)12)2-5(3-13)7(14-4)8(10)15/h2,9H,1H3. The SMILES string of the molecule is Cc1nc(C(=O)Cl)c(C#N)cc1C(F)F. The van der Waals surface area contributed by atoms with Crippen molar-refractivity contribution in [2.24, 2.45) is 0 Å². The normalized spacial score (nSPS) is 10.1. The van der Waals surface area contributed by atoms with Crippen LogP contribution in [-0.2, 0) is 0 Å². The fourth-order valence-electron chi connectivity index (χ4n) is 1.08. The molecule has 0 atom stereocenters. The van der Waals surface area contributed by atoms with Gasteiger partial charge in [0.05, 0.1) is 5.56 Å². The molecule has 0 N–H and O–H groups in total. The van der Waals surface area contributed by atoms with E-state index in [1.54, 1.807) is 6.07 Å². The summed E-state index contributed by atoms with van der Waals surface area (Å²) in [6, 6.07) is 2.53. The maximum atomic E-state index is 12.4. The number of alkyl halides is 2. The number of pyridine rings is 1. The van der Waals surface area contributed by atoms with Crippen molar-refractivity contribution < 1.29 is 13.6 Å². The topological polar surface area (TPSA) is 53.8 Å². The molecule has 1 rings (SSSR count). The van der Waals surface area contributed by atoms with Gasteiger partial charge in [0.1, 0.15) is 11.8 Å². The fourth-order valence-corrected chi connectivity index (χ4v) is 1.22. The Balaban J connectivity index is 3.44. The van der Waals surface area contributed by atoms with Crippen molar-refractivity contribution in [3.63, 3.8) is 0 Å². The minimum Gasteiger partial charge on any atom is -0.274 e. The Kier molecular flexibility index (Phi) is 3.32. The maximum Gasteiger partial charge on any atom is 0.272 e. The summed E-state index contributed by atoms with van der Waals surface area (Å²) in [5, 5.41) is 7.68. The van der Waals surface area contributed by atoms with E-state index in [-0.39, 0.29) is 22.5 Å². The van der Waals surface area contributed by atoms with Crippen molar-refractivity contribution in [2.45, 2.75) is 13.3 Å². The van der Waals surface area contributed by atoms with Gasteiger partial charge in [0.2, 0.25) is 0 Å². The summed E-state index contributed by atoms with van der Waals surface area (Å²) in [7, 11) is 0. The van der Waals surface area contributed by atoms with Gasteiger partial charge in [0, 0.05) is 11.3 Å². The third-order valence-corrected chi connectivity index (χ3v) is 1.97. The van der Waals surface area contributed by atoms with Gasteiger partial charge in [0.25, 0.3) is 11.7 Å². The number of aromatic nitrogens is 1. The molecule has 15 heavy (non-hydrogen) atoms. The summed E-state index contributed by atoms with van der Waals surface area (Å²) in [5.74, 6) is 0. The smallest absolute Gasteiger partial charge is 0.272 e. The van der Waals surface area contributed by atoms with E-state index in [1.807, 2.05) is 0 Å². The molecule has 0 radical (unpaired) electrons. The summed E-state index contributed by atoms with van der Waals surface area (Å²) in [4.78, 5) is 14.4. The highest BCUT2D eigenvalue weighted by molar-refractivity contribution is 6.67. The van der Waals surface area contributed by atoms with Crippen molar-refractivity contribution in [2.75, 3.05) is 0 Å². The second-order valence-corrected chi connectivity index (χ2v) is 3.09. The Morgan fingerprint density at radius 3 is 2.67 bits per heavy atom. The molecule has 6 heteroatoms. The predicted molar refractivity (Wildman–Crippen MR) is 48.8 cm³/mol. The number of carbonyl (C=O) groups excluding carboxylic acids is 1. The Bertz CT molecular complexity index is 454. The second-order valence-electron chi connectivity index (χ2n) is 2.75. The van der Waals surface area contributed by atoms with E-state index in [0.29, 0.717) is 0 Å². The van der Waals surface area contributed by atoms with E-state index in [9.17, 15) is 13.6 Å². The summed E-state index contributed by atoms with van der Waals surface area (Å²) < 4.78 is 24.8. The molecule has 0 saturated heterocycles. The molecule has 0 amide bonds. The Morgan fingerprint density at radius 1 is 1.67 bits per heavy atom. The first kappa shape index (κ1) is 11.5. The Morgan fingerprint density at radius 2 is 2.27 bits per heavy atom. The third kappa shape index (κ3) is 2.28. The quantitative estimate of drug-likeness (QED) is 0.734. The van der Waals surface area contributed by atoms with Crippen LogP contribution in [0.2, 0.25) is 0 Å². The van der Waals surface area contributed by atoms with Crippen LogP contribution in [0.3, 0.4) is 0 Å². The first-order valence-electron chi connectivity index (χ1n) is 3.87. The zero-order valence-electron chi connectivity index (χ0n) is 7.59. The lowest BCUT2D eigenvalue weighted by atomic mass is 10.1. The summed E-state index contributed by atoms with van der Waals surface area (Å²) >= 11 is 5.15. The van der Waals surface area contributed by atoms with Crippen molar-refractivity contribution in [1.82, 2.24) is 4.98 Å². The van der Waals surface area contributed by atoms with Crippen molar-refractivity contribution in [3.05, 3.63) is 28.6 Å². The van der Waals surface area contributed by atoms with Gasteiger partial charge in [-0.05, 0) is 24.6 Å². The van der Waals surface area contributed by atoms with E-state index in [2.05, 4.69) is 4.98 Å². The molecule has 0 fully saturated rings. The van der Waals surface area contributed by atoms with Gasteiger partial charge in [0.15, 0.2) is 0 Å². The molecule has 78 valence electrons. The van der Waals surface area contributed by atoms with Gasteiger partial charge in [-0.3, -0.25) is 4.79 Å². The van der Waals surface area contributed by atoms with Crippen LogP contribution >= 0.6 is 11.6 Å². The average Bonchev–Trinajstić information content (AvgIpc) is 2.16. The van der Waals surface area contributed by atoms with Gasteiger partial charge < -0.3 is 0 Å². The molecule has 1 aromatic heterocycles. The molecule has 0 bridgehead atoms. The maximum absolute atomic E-state index is 12.4. The molecule has 1 heterocycles. The largest absolute Gasteiger partial charge is 0.274 e. The van der Waals surface area contributed by atoms with Gasteiger partial charge in [-0.15, -0.1) is 0 Å². The molecule has 0 aromatic carbocycles. The van der Waals surface area contributed by atoms with E-state index >= 15 is 0 Å². The van der Waals surface area contributed by atoms with E-state index < -0.39 is 11.7 Å². The Labute approximate surface area is 89.3 Å². The number of carbonyl (C=O) groups is 1. The van der Waals surface area contributed by atoms with E-state index in [1.165, 1.54) is 6.92 Å². The number of hydrogen-bond donors (Lipinski definition) is 0. The lowest BCUT2D eigenvalue weighted by molar-refractivity contribution is 0.107. The van der Waals surface area contributed by atoms with Crippen LogP contribution in [0.1, 0.15) is 33.7 Å². The monoisotopic (exact) mass is 230 g/mol. The van der Waals surface area contributed by atoms with Gasteiger partial charge >= 0.3 is 0 Å². The number of nitrogens with zero attached hydrogens (tertiary/aromatic N) is 2. The van der Waals surface area contributed by atoms with Crippen molar-refractivity contribution >= 4 is 16.8 Å². The van der Waals surface area contributed by atoms with Gasteiger partial charge in [-0.25, -0.2) is 13.8 Å². The summed E-state index contributed by atoms with van der Waals surface area (Å²) in [5.41, 5.74) is -0.904. The molecule has 3 nitrogen and oxygen atoms in total. The number of rotatable bonds is 2. The average molecular weight is 231 g/mol. The minimum atomic E-state index is -2.73. The van der Waals surface area contributed by atoms with E-state index in [0.717, 1.165) is 6.07 Å². The van der Waals surface area contributed by atoms with Crippen molar-refractivity contribution in [1.29, 1.82) is 5.26 Å². The third-order valence-electron chi connectivity index (χ3n) is 1.79. The predicted octanol–water partition coefficient (Wildman–Crippen LogP) is 2.58. The molecule has 0 aliphatic rings. The zero-order valence-corrected chi connectivity index (χ0v) is 8.35. The zero-order chi connectivity index (χ0) is 11.6. The molecule has 1 aromatic rings. The number of aryl methyl sites for hydroxylation is 1. The molecule has 0 saturated carbocycles. The lowest BCUT2D eigenvalue weighted by Gasteiger charge is -2.06.